The van der Waals surface area contributed by atoms with Gasteiger partial charge >= 0.3 is 5.97 Å². The van der Waals surface area contributed by atoms with Crippen molar-refractivity contribution in [1.82, 2.24) is 0 Å². The average molecular weight is 296 g/mol. The van der Waals surface area contributed by atoms with E-state index >= 15 is 0 Å². The number of hydrogen-bond donors (Lipinski definition) is 0. The third-order valence-electron chi connectivity index (χ3n) is 3.05. The monoisotopic (exact) mass is 296 g/mol. The molecule has 3 rings (SSSR count). The molecule has 0 atom stereocenters. The van der Waals surface area contributed by atoms with E-state index in [4.69, 9.17) is 4.74 Å². The number of esters is 1. The molecule has 2 aromatic carbocycles. The van der Waals surface area contributed by atoms with Crippen molar-refractivity contribution in [2.75, 3.05) is 0 Å². The van der Waals surface area contributed by atoms with Gasteiger partial charge in [0, 0.05) is 4.70 Å². The first kappa shape index (κ1) is 13.5. The highest BCUT2D eigenvalue weighted by atomic mass is 32.1. The lowest BCUT2D eigenvalue weighted by atomic mass is 10.2. The molecule has 104 valence electrons. The minimum atomic E-state index is -0.814. The van der Waals surface area contributed by atoms with Gasteiger partial charge in [0.1, 0.15) is 6.61 Å². The predicted molar refractivity (Wildman–Crippen MR) is 82.4 cm³/mol. The van der Waals surface area contributed by atoms with Crippen LogP contribution in [0.3, 0.4) is 0 Å². The lowest BCUT2D eigenvalue weighted by Crippen LogP contribution is -2.16. The number of hydrogen-bond acceptors (Lipinski definition) is 4. The summed E-state index contributed by atoms with van der Waals surface area (Å²) in [6.45, 7) is 0.107. The average Bonchev–Trinajstić information content (AvgIpc) is 2.97. The van der Waals surface area contributed by atoms with Crippen LogP contribution >= 0.6 is 11.3 Å². The van der Waals surface area contributed by atoms with E-state index in [0.29, 0.717) is 4.88 Å². The molecule has 0 unspecified atom stereocenters. The predicted octanol–water partition coefficient (Wildman–Crippen LogP) is 3.83. The minimum Gasteiger partial charge on any atom is -0.455 e. The van der Waals surface area contributed by atoms with Crippen LogP contribution in [0.5, 0.6) is 0 Å². The van der Waals surface area contributed by atoms with Crippen LogP contribution in [0.1, 0.15) is 15.2 Å². The van der Waals surface area contributed by atoms with Crippen LogP contribution in [0.4, 0.5) is 0 Å². The topological polar surface area (TPSA) is 43.4 Å². The lowest BCUT2D eigenvalue weighted by molar-refractivity contribution is -0.139. The van der Waals surface area contributed by atoms with E-state index in [1.165, 1.54) is 11.3 Å². The Morgan fingerprint density at radius 1 is 0.952 bits per heavy atom. The van der Waals surface area contributed by atoms with Gasteiger partial charge in [-0.1, -0.05) is 48.5 Å². The van der Waals surface area contributed by atoms with E-state index in [1.807, 2.05) is 54.6 Å². The maximum Gasteiger partial charge on any atom is 0.380 e. The Bertz CT molecular complexity index is 757. The highest BCUT2D eigenvalue weighted by Gasteiger charge is 2.20. The molecule has 0 radical (unpaired) electrons. The van der Waals surface area contributed by atoms with Crippen molar-refractivity contribution in [1.29, 1.82) is 0 Å². The van der Waals surface area contributed by atoms with Crippen molar-refractivity contribution in [2.24, 2.45) is 0 Å². The smallest absolute Gasteiger partial charge is 0.380 e. The maximum atomic E-state index is 12.1. The summed E-state index contributed by atoms with van der Waals surface area (Å²) in [4.78, 5) is 24.3. The molecule has 4 heteroatoms. The van der Waals surface area contributed by atoms with Crippen LogP contribution in [-0.4, -0.2) is 11.8 Å². The fourth-order valence-corrected chi connectivity index (χ4v) is 2.97. The number of fused-ring (bicyclic) bond motifs is 1. The maximum absolute atomic E-state index is 12.1. The van der Waals surface area contributed by atoms with Crippen molar-refractivity contribution in [3.63, 3.8) is 0 Å². The standard InChI is InChI=1S/C17H12O3S/c18-16(15-10-13-8-4-5-9-14(13)21-15)17(19)20-11-12-6-2-1-3-7-12/h1-10H,11H2. The van der Waals surface area contributed by atoms with Crippen LogP contribution in [-0.2, 0) is 16.1 Å². The third kappa shape index (κ3) is 3.01. The lowest BCUT2D eigenvalue weighted by Gasteiger charge is -2.02. The molecule has 0 N–H and O–H groups in total. The van der Waals surface area contributed by atoms with Crippen molar-refractivity contribution in [2.45, 2.75) is 6.61 Å². The first-order valence-corrected chi connectivity index (χ1v) is 7.29. The molecule has 3 nitrogen and oxygen atoms in total. The van der Waals surface area contributed by atoms with E-state index in [0.717, 1.165) is 15.6 Å². The number of carbonyl (C=O) groups is 2. The summed E-state index contributed by atoms with van der Waals surface area (Å²) in [5.74, 6) is -1.41. The van der Waals surface area contributed by atoms with Crippen LogP contribution in [0.25, 0.3) is 10.1 Å². The van der Waals surface area contributed by atoms with Crippen LogP contribution < -0.4 is 0 Å². The first-order chi connectivity index (χ1) is 10.2. The SMILES string of the molecule is O=C(OCc1ccccc1)C(=O)c1cc2ccccc2s1. The van der Waals surface area contributed by atoms with Gasteiger partial charge < -0.3 is 4.74 Å². The van der Waals surface area contributed by atoms with Gasteiger partial charge in [-0.25, -0.2) is 4.79 Å². The van der Waals surface area contributed by atoms with Crippen molar-refractivity contribution in [3.05, 3.63) is 71.1 Å². The second-order valence-corrected chi connectivity index (χ2v) is 5.62. The Morgan fingerprint density at radius 2 is 1.67 bits per heavy atom. The van der Waals surface area contributed by atoms with Gasteiger partial charge in [0.25, 0.3) is 5.78 Å². The van der Waals surface area contributed by atoms with Gasteiger partial charge in [0.2, 0.25) is 0 Å². The molecule has 1 aromatic heterocycles. The van der Waals surface area contributed by atoms with Crippen molar-refractivity contribution >= 4 is 33.2 Å². The van der Waals surface area contributed by atoms with E-state index in [1.54, 1.807) is 6.07 Å². The van der Waals surface area contributed by atoms with E-state index in [2.05, 4.69) is 0 Å². The number of ether oxygens (including phenoxy) is 1. The summed E-state index contributed by atoms with van der Waals surface area (Å²) in [5, 5.41) is 0.960. The Labute approximate surface area is 125 Å². The Morgan fingerprint density at radius 3 is 2.43 bits per heavy atom. The van der Waals surface area contributed by atoms with E-state index < -0.39 is 11.8 Å². The summed E-state index contributed by atoms with van der Waals surface area (Å²) >= 11 is 1.31. The van der Waals surface area contributed by atoms with E-state index in [-0.39, 0.29) is 6.61 Å². The third-order valence-corrected chi connectivity index (χ3v) is 4.16. The molecule has 0 saturated heterocycles. The Balaban J connectivity index is 1.71. The van der Waals surface area contributed by atoms with Crippen LogP contribution in [0.2, 0.25) is 0 Å². The molecule has 0 saturated carbocycles. The zero-order valence-electron chi connectivity index (χ0n) is 11.1. The highest BCUT2D eigenvalue weighted by molar-refractivity contribution is 7.21. The molecule has 1 heterocycles. The summed E-state index contributed by atoms with van der Waals surface area (Å²) in [5.41, 5.74) is 0.856. The summed E-state index contributed by atoms with van der Waals surface area (Å²) < 4.78 is 6.04. The first-order valence-electron chi connectivity index (χ1n) is 6.48. The summed E-state index contributed by atoms with van der Waals surface area (Å²) in [6, 6.07) is 18.7. The quantitative estimate of drug-likeness (QED) is 0.417. The second kappa shape index (κ2) is 5.89. The molecule has 0 aliphatic heterocycles. The summed E-state index contributed by atoms with van der Waals surface area (Å²) in [7, 11) is 0. The minimum absolute atomic E-state index is 0.107. The normalized spacial score (nSPS) is 10.5. The highest BCUT2D eigenvalue weighted by Crippen LogP contribution is 2.25. The Kier molecular flexibility index (Phi) is 3.79. The number of thiophene rings is 1. The van der Waals surface area contributed by atoms with Crippen molar-refractivity contribution < 1.29 is 14.3 Å². The number of ketones is 1. The molecule has 0 aliphatic carbocycles. The van der Waals surface area contributed by atoms with Gasteiger partial charge in [0.05, 0.1) is 4.88 Å². The summed E-state index contributed by atoms with van der Waals surface area (Å²) in [6.07, 6.45) is 0. The molecule has 3 aromatic rings. The number of rotatable bonds is 4. The van der Waals surface area contributed by atoms with Crippen LogP contribution in [0.15, 0.2) is 60.7 Å². The number of benzene rings is 2. The van der Waals surface area contributed by atoms with Gasteiger partial charge in [-0.2, -0.15) is 0 Å². The van der Waals surface area contributed by atoms with Gasteiger partial charge in [-0.05, 0) is 23.1 Å². The van der Waals surface area contributed by atoms with Crippen LogP contribution in [0, 0.1) is 0 Å². The fraction of sp³-hybridized carbons (Fsp3) is 0.0588. The molecule has 0 bridgehead atoms. The van der Waals surface area contributed by atoms with Crippen molar-refractivity contribution in [3.8, 4) is 0 Å². The fourth-order valence-electron chi connectivity index (χ4n) is 1.98. The number of Topliss-reactive ketones (excluding diaryl/α,β-unsaturated/α-hetero) is 1. The second-order valence-electron chi connectivity index (χ2n) is 4.54. The molecule has 0 amide bonds. The molecule has 0 aliphatic rings. The largest absolute Gasteiger partial charge is 0.455 e. The zero-order chi connectivity index (χ0) is 14.7. The molecular weight excluding hydrogens is 284 g/mol. The Hall–Kier alpha value is -2.46. The number of carbonyl (C=O) groups excluding carboxylic acids is 2. The van der Waals surface area contributed by atoms with Gasteiger partial charge in [-0.3, -0.25) is 4.79 Å². The molecule has 0 spiro atoms. The van der Waals surface area contributed by atoms with Gasteiger partial charge in [-0.15, -0.1) is 11.3 Å². The molecule has 0 fully saturated rings. The van der Waals surface area contributed by atoms with Gasteiger partial charge in [0.15, 0.2) is 0 Å². The van der Waals surface area contributed by atoms with E-state index in [9.17, 15) is 9.59 Å². The zero-order valence-corrected chi connectivity index (χ0v) is 11.9. The molecular formula is C17H12O3S. The molecule has 21 heavy (non-hydrogen) atoms.